The van der Waals surface area contributed by atoms with Crippen molar-refractivity contribution in [1.29, 1.82) is 0 Å². The number of amides is 1. The van der Waals surface area contributed by atoms with Crippen molar-refractivity contribution in [3.63, 3.8) is 0 Å². The topological polar surface area (TPSA) is 46.6 Å². The second kappa shape index (κ2) is 7.97. The van der Waals surface area contributed by atoms with E-state index in [2.05, 4.69) is 0 Å². The Morgan fingerprint density at radius 2 is 1.72 bits per heavy atom. The predicted molar refractivity (Wildman–Crippen MR) is 96.6 cm³/mol. The standard InChI is InChI=1S/C21H23NO3/c1-2-20(23)17-8-12-19(13-9-17)25-15-21(24)22(18-10-11-18)14-16-6-4-3-5-7-16/h3-9,12-13,18H,2,10-11,14-15H2,1H3. The Hall–Kier alpha value is -2.62. The van der Waals surface area contributed by atoms with Crippen molar-refractivity contribution in [3.05, 3.63) is 65.7 Å². The first-order chi connectivity index (χ1) is 12.2. The fraction of sp³-hybridized carbons (Fsp3) is 0.333. The molecule has 0 aliphatic heterocycles. The SMILES string of the molecule is CCC(=O)c1ccc(OCC(=O)N(Cc2ccccc2)C2CC2)cc1. The zero-order valence-corrected chi connectivity index (χ0v) is 14.5. The molecule has 0 saturated heterocycles. The maximum absolute atomic E-state index is 12.6. The molecule has 1 saturated carbocycles. The fourth-order valence-corrected chi connectivity index (χ4v) is 2.76. The fourth-order valence-electron chi connectivity index (χ4n) is 2.76. The summed E-state index contributed by atoms with van der Waals surface area (Å²) in [6, 6.07) is 17.3. The Morgan fingerprint density at radius 3 is 2.32 bits per heavy atom. The van der Waals surface area contributed by atoms with E-state index < -0.39 is 0 Å². The number of carbonyl (C=O) groups is 2. The van der Waals surface area contributed by atoms with Crippen molar-refractivity contribution >= 4 is 11.7 Å². The average molecular weight is 337 g/mol. The Balaban J connectivity index is 1.57. The van der Waals surface area contributed by atoms with Crippen LogP contribution >= 0.6 is 0 Å². The monoisotopic (exact) mass is 337 g/mol. The molecule has 1 aliphatic rings. The van der Waals surface area contributed by atoms with Gasteiger partial charge >= 0.3 is 0 Å². The summed E-state index contributed by atoms with van der Waals surface area (Å²) in [6.07, 6.45) is 2.60. The van der Waals surface area contributed by atoms with E-state index in [0.717, 1.165) is 18.4 Å². The molecule has 0 spiro atoms. The highest BCUT2D eigenvalue weighted by atomic mass is 16.5. The van der Waals surface area contributed by atoms with E-state index >= 15 is 0 Å². The zero-order chi connectivity index (χ0) is 17.6. The number of benzene rings is 2. The van der Waals surface area contributed by atoms with E-state index in [0.29, 0.717) is 30.3 Å². The number of hydrogen-bond donors (Lipinski definition) is 0. The van der Waals surface area contributed by atoms with Crippen LogP contribution in [0.25, 0.3) is 0 Å². The van der Waals surface area contributed by atoms with Crippen LogP contribution in [0.3, 0.4) is 0 Å². The average Bonchev–Trinajstić information content (AvgIpc) is 3.50. The van der Waals surface area contributed by atoms with Gasteiger partial charge in [0.15, 0.2) is 12.4 Å². The number of ketones is 1. The van der Waals surface area contributed by atoms with E-state index in [1.807, 2.05) is 42.2 Å². The van der Waals surface area contributed by atoms with Gasteiger partial charge in [0.2, 0.25) is 0 Å². The van der Waals surface area contributed by atoms with Gasteiger partial charge in [-0.3, -0.25) is 9.59 Å². The van der Waals surface area contributed by atoms with E-state index in [-0.39, 0.29) is 18.3 Å². The van der Waals surface area contributed by atoms with Crippen LogP contribution in [0.4, 0.5) is 0 Å². The van der Waals surface area contributed by atoms with E-state index in [1.54, 1.807) is 24.3 Å². The molecule has 0 aromatic heterocycles. The summed E-state index contributed by atoms with van der Waals surface area (Å²) in [5, 5.41) is 0. The molecule has 0 atom stereocenters. The maximum atomic E-state index is 12.6. The minimum Gasteiger partial charge on any atom is -0.484 e. The first-order valence-corrected chi connectivity index (χ1v) is 8.77. The van der Waals surface area contributed by atoms with E-state index in [9.17, 15) is 9.59 Å². The summed E-state index contributed by atoms with van der Waals surface area (Å²) >= 11 is 0. The summed E-state index contributed by atoms with van der Waals surface area (Å²) in [5.74, 6) is 0.710. The minimum atomic E-state index is 0.0000594. The predicted octanol–water partition coefficient (Wildman–Crippen LogP) is 3.85. The molecule has 0 heterocycles. The van der Waals surface area contributed by atoms with Gasteiger partial charge in [-0.05, 0) is 42.7 Å². The molecule has 0 radical (unpaired) electrons. The van der Waals surface area contributed by atoms with E-state index in [1.165, 1.54) is 0 Å². The van der Waals surface area contributed by atoms with Gasteiger partial charge in [0, 0.05) is 24.6 Å². The first-order valence-electron chi connectivity index (χ1n) is 8.77. The zero-order valence-electron chi connectivity index (χ0n) is 14.5. The molecule has 2 aromatic carbocycles. The van der Waals surface area contributed by atoms with Crippen molar-refractivity contribution in [3.8, 4) is 5.75 Å². The minimum absolute atomic E-state index is 0.0000594. The molecular formula is C21H23NO3. The van der Waals surface area contributed by atoms with Crippen LogP contribution in [-0.2, 0) is 11.3 Å². The van der Waals surface area contributed by atoms with Crippen LogP contribution in [-0.4, -0.2) is 29.2 Å². The normalized spacial score (nSPS) is 13.3. The molecule has 0 N–H and O–H groups in total. The van der Waals surface area contributed by atoms with Gasteiger partial charge in [-0.1, -0.05) is 37.3 Å². The summed E-state index contributed by atoms with van der Waals surface area (Å²) in [6.45, 7) is 2.48. The van der Waals surface area contributed by atoms with Crippen LogP contribution in [0, 0.1) is 0 Å². The summed E-state index contributed by atoms with van der Waals surface area (Å²) < 4.78 is 5.63. The Bertz CT molecular complexity index is 721. The van der Waals surface area contributed by atoms with Gasteiger partial charge in [-0.15, -0.1) is 0 Å². The highest BCUT2D eigenvalue weighted by molar-refractivity contribution is 5.95. The molecule has 1 aliphatic carbocycles. The molecule has 0 unspecified atom stereocenters. The van der Waals surface area contributed by atoms with Gasteiger partial charge in [0.25, 0.3) is 5.91 Å². The second-order valence-electron chi connectivity index (χ2n) is 6.33. The number of rotatable bonds is 8. The molecule has 3 rings (SSSR count). The third-order valence-corrected chi connectivity index (χ3v) is 4.36. The smallest absolute Gasteiger partial charge is 0.261 e. The number of Topliss-reactive ketones (excluding diaryl/α,β-unsaturated/α-hetero) is 1. The summed E-state index contributed by atoms with van der Waals surface area (Å²) in [5.41, 5.74) is 1.80. The first kappa shape index (κ1) is 17.2. The largest absolute Gasteiger partial charge is 0.484 e. The molecule has 2 aromatic rings. The van der Waals surface area contributed by atoms with Gasteiger partial charge in [0.05, 0.1) is 0 Å². The van der Waals surface area contributed by atoms with Crippen molar-refractivity contribution in [2.45, 2.75) is 38.8 Å². The van der Waals surface area contributed by atoms with Crippen molar-refractivity contribution in [2.24, 2.45) is 0 Å². The molecular weight excluding hydrogens is 314 g/mol. The molecule has 1 amide bonds. The van der Waals surface area contributed by atoms with Gasteiger partial charge < -0.3 is 9.64 Å². The van der Waals surface area contributed by atoms with E-state index in [4.69, 9.17) is 4.74 Å². The number of carbonyl (C=O) groups excluding carboxylic acids is 2. The quantitative estimate of drug-likeness (QED) is 0.687. The van der Waals surface area contributed by atoms with Gasteiger partial charge in [-0.25, -0.2) is 0 Å². The lowest BCUT2D eigenvalue weighted by atomic mass is 10.1. The molecule has 4 heteroatoms. The Morgan fingerprint density at radius 1 is 1.04 bits per heavy atom. The summed E-state index contributed by atoms with van der Waals surface area (Å²) in [7, 11) is 0. The number of nitrogens with zero attached hydrogens (tertiary/aromatic N) is 1. The third-order valence-electron chi connectivity index (χ3n) is 4.36. The molecule has 25 heavy (non-hydrogen) atoms. The third kappa shape index (κ3) is 4.69. The molecule has 130 valence electrons. The van der Waals surface area contributed by atoms with Crippen LogP contribution in [0.15, 0.2) is 54.6 Å². The van der Waals surface area contributed by atoms with Gasteiger partial charge in [-0.2, -0.15) is 0 Å². The lowest BCUT2D eigenvalue weighted by Gasteiger charge is -2.22. The highest BCUT2D eigenvalue weighted by Crippen LogP contribution is 2.28. The van der Waals surface area contributed by atoms with Crippen LogP contribution in [0.5, 0.6) is 5.75 Å². The van der Waals surface area contributed by atoms with Gasteiger partial charge in [0.1, 0.15) is 5.75 Å². The summed E-state index contributed by atoms with van der Waals surface area (Å²) in [4.78, 5) is 26.1. The highest BCUT2D eigenvalue weighted by Gasteiger charge is 2.32. The number of ether oxygens (including phenoxy) is 1. The lowest BCUT2D eigenvalue weighted by molar-refractivity contribution is -0.134. The Kier molecular flexibility index (Phi) is 5.49. The van der Waals surface area contributed by atoms with Crippen molar-refractivity contribution < 1.29 is 14.3 Å². The second-order valence-corrected chi connectivity index (χ2v) is 6.33. The van der Waals surface area contributed by atoms with Crippen molar-refractivity contribution in [2.75, 3.05) is 6.61 Å². The lowest BCUT2D eigenvalue weighted by Crippen LogP contribution is -2.36. The van der Waals surface area contributed by atoms with Crippen LogP contribution in [0.1, 0.15) is 42.1 Å². The molecule has 4 nitrogen and oxygen atoms in total. The molecule has 1 fully saturated rings. The number of hydrogen-bond acceptors (Lipinski definition) is 3. The van der Waals surface area contributed by atoms with Crippen LogP contribution < -0.4 is 4.74 Å². The molecule has 0 bridgehead atoms. The van der Waals surface area contributed by atoms with Crippen molar-refractivity contribution in [1.82, 2.24) is 4.90 Å². The van der Waals surface area contributed by atoms with Crippen LogP contribution in [0.2, 0.25) is 0 Å². The Labute approximate surface area is 148 Å². The maximum Gasteiger partial charge on any atom is 0.261 e.